The molecule has 0 fully saturated rings. The summed E-state index contributed by atoms with van der Waals surface area (Å²) in [5.41, 5.74) is -0.396. The molecule has 0 aromatic carbocycles. The molecule has 1 heterocycles. The zero-order valence-corrected chi connectivity index (χ0v) is 5.49. The quantitative estimate of drug-likeness (QED) is 0.482. The standard InChI is InChI=1S/C5H4Cl2O/c6-4-1-2-8-5(7)3-4/h1-3,5H. The normalized spacial score (nSPS) is 26.8. The minimum absolute atomic E-state index is 0.396. The van der Waals surface area contributed by atoms with Crippen molar-refractivity contribution in [1.29, 1.82) is 0 Å². The van der Waals surface area contributed by atoms with Crippen molar-refractivity contribution in [1.82, 2.24) is 0 Å². The lowest BCUT2D eigenvalue weighted by Gasteiger charge is -2.07. The van der Waals surface area contributed by atoms with Gasteiger partial charge in [0.25, 0.3) is 0 Å². The van der Waals surface area contributed by atoms with Crippen molar-refractivity contribution >= 4 is 23.2 Å². The Labute approximate surface area is 57.5 Å². The lowest BCUT2D eigenvalue weighted by atomic mass is 10.4. The van der Waals surface area contributed by atoms with Gasteiger partial charge in [0.15, 0.2) is 5.56 Å². The molecular formula is C5H4Cl2O. The van der Waals surface area contributed by atoms with Crippen molar-refractivity contribution in [3.8, 4) is 0 Å². The van der Waals surface area contributed by atoms with Crippen LogP contribution in [0.15, 0.2) is 23.4 Å². The summed E-state index contributed by atoms with van der Waals surface area (Å²) < 4.78 is 4.77. The van der Waals surface area contributed by atoms with Crippen LogP contribution in [0.25, 0.3) is 0 Å². The zero-order chi connectivity index (χ0) is 5.98. The van der Waals surface area contributed by atoms with Crippen molar-refractivity contribution < 1.29 is 4.74 Å². The molecule has 0 aliphatic carbocycles. The van der Waals surface area contributed by atoms with E-state index in [-0.39, 0.29) is 0 Å². The van der Waals surface area contributed by atoms with Crippen molar-refractivity contribution in [2.24, 2.45) is 0 Å². The second-order valence-corrected chi connectivity index (χ2v) is 2.21. The van der Waals surface area contributed by atoms with E-state index in [9.17, 15) is 0 Å². The van der Waals surface area contributed by atoms with Gasteiger partial charge in [-0.3, -0.25) is 0 Å². The molecule has 1 nitrogen and oxygen atoms in total. The largest absolute Gasteiger partial charge is 0.478 e. The molecule has 1 aliphatic rings. The Balaban J connectivity index is 2.63. The molecule has 8 heavy (non-hydrogen) atoms. The summed E-state index contributed by atoms with van der Waals surface area (Å²) in [4.78, 5) is 0. The number of rotatable bonds is 0. The van der Waals surface area contributed by atoms with Gasteiger partial charge in [0, 0.05) is 5.03 Å². The Morgan fingerprint density at radius 3 is 2.75 bits per heavy atom. The molecular weight excluding hydrogens is 147 g/mol. The van der Waals surface area contributed by atoms with Gasteiger partial charge in [-0.05, 0) is 12.2 Å². The van der Waals surface area contributed by atoms with Gasteiger partial charge in [0.1, 0.15) is 0 Å². The maximum absolute atomic E-state index is 5.52. The monoisotopic (exact) mass is 150 g/mol. The van der Waals surface area contributed by atoms with Crippen LogP contribution in [-0.4, -0.2) is 5.56 Å². The van der Waals surface area contributed by atoms with Crippen LogP contribution in [0.1, 0.15) is 0 Å². The molecule has 0 saturated carbocycles. The summed E-state index contributed by atoms with van der Waals surface area (Å²) in [6.45, 7) is 0. The van der Waals surface area contributed by atoms with Crippen LogP contribution < -0.4 is 0 Å². The minimum Gasteiger partial charge on any atom is -0.478 e. The van der Waals surface area contributed by atoms with E-state index in [1.54, 1.807) is 12.2 Å². The van der Waals surface area contributed by atoms with E-state index in [1.807, 2.05) is 0 Å². The van der Waals surface area contributed by atoms with Crippen LogP contribution in [-0.2, 0) is 4.74 Å². The van der Waals surface area contributed by atoms with Crippen LogP contribution in [0.5, 0.6) is 0 Å². The fraction of sp³-hybridized carbons (Fsp3) is 0.200. The van der Waals surface area contributed by atoms with Crippen LogP contribution in [0.3, 0.4) is 0 Å². The first-order valence-electron chi connectivity index (χ1n) is 2.12. The summed E-state index contributed by atoms with van der Waals surface area (Å²) in [6, 6.07) is 0. The van der Waals surface area contributed by atoms with Crippen molar-refractivity contribution in [2.75, 3.05) is 0 Å². The Hall–Kier alpha value is -0.140. The van der Waals surface area contributed by atoms with Gasteiger partial charge in [-0.15, -0.1) is 0 Å². The number of halogens is 2. The lowest BCUT2D eigenvalue weighted by molar-refractivity contribution is 0.251. The number of hydrogen-bond donors (Lipinski definition) is 0. The summed E-state index contributed by atoms with van der Waals surface area (Å²) in [5.74, 6) is 0. The summed E-state index contributed by atoms with van der Waals surface area (Å²) >= 11 is 11.0. The van der Waals surface area contributed by atoms with Crippen LogP contribution >= 0.6 is 23.2 Å². The fourth-order valence-electron chi connectivity index (χ4n) is 0.399. The molecule has 1 unspecified atom stereocenters. The van der Waals surface area contributed by atoms with Gasteiger partial charge in [0.2, 0.25) is 0 Å². The van der Waals surface area contributed by atoms with Gasteiger partial charge < -0.3 is 4.74 Å². The van der Waals surface area contributed by atoms with Gasteiger partial charge in [-0.25, -0.2) is 0 Å². The second kappa shape index (κ2) is 2.42. The number of allylic oxidation sites excluding steroid dienone is 2. The average Bonchev–Trinajstić information content (AvgIpc) is 1.64. The summed E-state index contributed by atoms with van der Waals surface area (Å²) in [6.07, 6.45) is 4.73. The first-order chi connectivity index (χ1) is 3.79. The predicted octanol–water partition coefficient (Wildman–Crippen LogP) is 2.22. The van der Waals surface area contributed by atoms with E-state index in [4.69, 9.17) is 27.9 Å². The van der Waals surface area contributed by atoms with Crippen molar-refractivity contribution in [3.63, 3.8) is 0 Å². The van der Waals surface area contributed by atoms with E-state index < -0.39 is 5.56 Å². The first kappa shape index (κ1) is 5.99. The van der Waals surface area contributed by atoms with Gasteiger partial charge in [-0.2, -0.15) is 0 Å². The van der Waals surface area contributed by atoms with Gasteiger partial charge >= 0.3 is 0 Å². The zero-order valence-electron chi connectivity index (χ0n) is 3.97. The minimum atomic E-state index is -0.396. The Kier molecular flexibility index (Phi) is 1.81. The molecule has 0 amide bonds. The highest BCUT2D eigenvalue weighted by Gasteiger charge is 2.02. The number of alkyl halides is 1. The van der Waals surface area contributed by atoms with Crippen LogP contribution in [0.4, 0.5) is 0 Å². The molecule has 0 aromatic heterocycles. The molecule has 44 valence electrons. The van der Waals surface area contributed by atoms with Crippen molar-refractivity contribution in [2.45, 2.75) is 5.56 Å². The Morgan fingerprint density at radius 1 is 1.62 bits per heavy atom. The summed E-state index contributed by atoms with van der Waals surface area (Å²) in [5, 5.41) is 0.622. The van der Waals surface area contributed by atoms with E-state index in [0.29, 0.717) is 5.03 Å². The van der Waals surface area contributed by atoms with E-state index >= 15 is 0 Å². The van der Waals surface area contributed by atoms with Gasteiger partial charge in [-0.1, -0.05) is 23.2 Å². The third-order valence-corrected chi connectivity index (χ3v) is 1.21. The third kappa shape index (κ3) is 1.42. The molecule has 1 rings (SSSR count). The Morgan fingerprint density at radius 2 is 2.38 bits per heavy atom. The topological polar surface area (TPSA) is 9.23 Å². The third-order valence-electron chi connectivity index (χ3n) is 0.726. The molecule has 1 aliphatic heterocycles. The highest BCUT2D eigenvalue weighted by atomic mass is 35.5. The maximum Gasteiger partial charge on any atom is 0.191 e. The summed E-state index contributed by atoms with van der Waals surface area (Å²) in [7, 11) is 0. The number of hydrogen-bond acceptors (Lipinski definition) is 1. The average molecular weight is 151 g/mol. The van der Waals surface area contributed by atoms with Crippen LogP contribution in [0, 0.1) is 0 Å². The second-order valence-electron chi connectivity index (χ2n) is 1.34. The molecule has 0 N–H and O–H groups in total. The first-order valence-corrected chi connectivity index (χ1v) is 2.94. The molecule has 0 bridgehead atoms. The fourth-order valence-corrected chi connectivity index (χ4v) is 0.825. The van der Waals surface area contributed by atoms with Crippen molar-refractivity contribution in [3.05, 3.63) is 23.4 Å². The van der Waals surface area contributed by atoms with E-state index in [1.165, 1.54) is 6.26 Å². The van der Waals surface area contributed by atoms with E-state index in [0.717, 1.165) is 0 Å². The molecule has 0 radical (unpaired) electrons. The molecule has 0 saturated heterocycles. The predicted molar refractivity (Wildman–Crippen MR) is 33.8 cm³/mol. The smallest absolute Gasteiger partial charge is 0.191 e. The highest BCUT2D eigenvalue weighted by molar-refractivity contribution is 6.32. The maximum atomic E-state index is 5.52. The molecule has 3 heteroatoms. The number of ether oxygens (including phenoxy) is 1. The lowest BCUT2D eigenvalue weighted by Crippen LogP contribution is -1.98. The molecule has 0 spiro atoms. The SMILES string of the molecule is ClC1=CC(Cl)OC=C1. The molecule has 0 aromatic rings. The van der Waals surface area contributed by atoms with E-state index in [2.05, 4.69) is 0 Å². The van der Waals surface area contributed by atoms with Crippen LogP contribution in [0.2, 0.25) is 0 Å². The van der Waals surface area contributed by atoms with Gasteiger partial charge in [0.05, 0.1) is 6.26 Å². The molecule has 1 atom stereocenters. The highest BCUT2D eigenvalue weighted by Crippen LogP contribution is 2.14. The Bertz CT molecular complexity index is 139.